The van der Waals surface area contributed by atoms with Gasteiger partial charge in [-0.15, -0.1) is 0 Å². The van der Waals surface area contributed by atoms with Crippen LogP contribution in [0.2, 0.25) is 0 Å². The molecule has 1 amide bonds. The first-order valence-corrected chi connectivity index (χ1v) is 7.15. The van der Waals surface area contributed by atoms with E-state index in [0.717, 1.165) is 32.1 Å². The van der Waals surface area contributed by atoms with Gasteiger partial charge in [0.15, 0.2) is 0 Å². The normalized spacial score (nSPS) is 26.7. The quantitative estimate of drug-likeness (QED) is 0.787. The lowest BCUT2D eigenvalue weighted by Gasteiger charge is -2.39. The number of aliphatic hydroxyl groups excluding tert-OH is 1. The molecule has 2 aliphatic rings. The van der Waals surface area contributed by atoms with Gasteiger partial charge in [-0.25, -0.2) is 0 Å². The van der Waals surface area contributed by atoms with Gasteiger partial charge < -0.3 is 15.1 Å². The second kappa shape index (κ2) is 5.90. The highest BCUT2D eigenvalue weighted by Crippen LogP contribution is 2.41. The van der Waals surface area contributed by atoms with Crippen molar-refractivity contribution in [1.29, 1.82) is 0 Å². The van der Waals surface area contributed by atoms with Crippen LogP contribution < -0.4 is 0 Å². The van der Waals surface area contributed by atoms with Gasteiger partial charge in [-0.3, -0.25) is 9.59 Å². The van der Waals surface area contributed by atoms with E-state index in [1.54, 1.807) is 4.90 Å². The summed E-state index contributed by atoms with van der Waals surface area (Å²) in [5.41, 5.74) is -0.246. The summed E-state index contributed by atoms with van der Waals surface area (Å²) in [5, 5.41) is 18.3. The predicted molar refractivity (Wildman–Crippen MR) is 69.5 cm³/mol. The van der Waals surface area contributed by atoms with Crippen LogP contribution in [0, 0.1) is 11.3 Å². The highest BCUT2D eigenvalue weighted by atomic mass is 16.4. The number of likely N-dealkylation sites (tertiary alicyclic amines) is 1. The van der Waals surface area contributed by atoms with Gasteiger partial charge in [0.25, 0.3) is 0 Å². The fourth-order valence-electron chi connectivity index (χ4n) is 3.55. The molecule has 2 rings (SSSR count). The van der Waals surface area contributed by atoms with Crippen LogP contribution in [-0.4, -0.2) is 46.7 Å². The van der Waals surface area contributed by atoms with Gasteiger partial charge in [0, 0.05) is 32.0 Å². The van der Waals surface area contributed by atoms with Crippen LogP contribution in [0.15, 0.2) is 0 Å². The van der Waals surface area contributed by atoms with E-state index in [-0.39, 0.29) is 30.3 Å². The third kappa shape index (κ3) is 3.47. The summed E-state index contributed by atoms with van der Waals surface area (Å²) in [5.74, 6) is -0.681. The average Bonchev–Trinajstić information content (AvgIpc) is 2.70. The zero-order valence-electron chi connectivity index (χ0n) is 11.3. The molecule has 1 aliphatic heterocycles. The maximum absolute atomic E-state index is 11.9. The zero-order chi connectivity index (χ0) is 13.9. The predicted octanol–water partition coefficient (Wildman–Crippen LogP) is 1.25. The standard InChI is InChI=1S/C14H23NO4/c16-9-11-6-12(17)15(8-11)10-14(7-13(18)19)4-2-1-3-5-14/h11,16H,1-10H2,(H,18,19). The van der Waals surface area contributed by atoms with Gasteiger partial charge in [0.2, 0.25) is 5.91 Å². The lowest BCUT2D eigenvalue weighted by atomic mass is 9.71. The molecule has 5 heteroatoms. The molecule has 1 unspecified atom stereocenters. The highest BCUT2D eigenvalue weighted by molar-refractivity contribution is 5.78. The van der Waals surface area contributed by atoms with Gasteiger partial charge >= 0.3 is 5.97 Å². The number of hydrogen-bond acceptors (Lipinski definition) is 3. The van der Waals surface area contributed by atoms with E-state index in [2.05, 4.69) is 0 Å². The molecular formula is C14H23NO4. The minimum absolute atomic E-state index is 0.0259. The Morgan fingerprint density at radius 2 is 2.00 bits per heavy atom. The monoisotopic (exact) mass is 269 g/mol. The van der Waals surface area contributed by atoms with Crippen LogP contribution in [0.1, 0.15) is 44.9 Å². The van der Waals surface area contributed by atoms with Crippen molar-refractivity contribution in [3.05, 3.63) is 0 Å². The lowest BCUT2D eigenvalue weighted by molar-refractivity contribution is -0.142. The molecule has 2 N–H and O–H groups in total. The summed E-state index contributed by atoms with van der Waals surface area (Å²) in [4.78, 5) is 24.8. The summed E-state index contributed by atoms with van der Waals surface area (Å²) in [6.07, 6.45) is 5.62. The minimum atomic E-state index is -0.771. The molecule has 1 heterocycles. The third-order valence-corrected chi connectivity index (χ3v) is 4.52. The van der Waals surface area contributed by atoms with Crippen molar-refractivity contribution in [2.24, 2.45) is 11.3 Å². The SMILES string of the molecule is O=C(O)CC1(CN2CC(CO)CC2=O)CCCCC1. The number of rotatable bonds is 5. The van der Waals surface area contributed by atoms with E-state index in [9.17, 15) is 9.59 Å². The first kappa shape index (κ1) is 14.3. The smallest absolute Gasteiger partial charge is 0.303 e. The average molecular weight is 269 g/mol. The number of carbonyl (C=O) groups is 2. The number of carboxylic acids is 1. The van der Waals surface area contributed by atoms with E-state index in [0.29, 0.717) is 19.5 Å². The van der Waals surface area contributed by atoms with E-state index in [4.69, 9.17) is 10.2 Å². The summed E-state index contributed by atoms with van der Waals surface area (Å²) in [6.45, 7) is 1.17. The molecule has 0 radical (unpaired) electrons. The van der Waals surface area contributed by atoms with Crippen molar-refractivity contribution >= 4 is 11.9 Å². The topological polar surface area (TPSA) is 77.8 Å². The minimum Gasteiger partial charge on any atom is -0.481 e. The molecule has 0 bridgehead atoms. The highest BCUT2D eigenvalue weighted by Gasteiger charge is 2.39. The summed E-state index contributed by atoms with van der Waals surface area (Å²) < 4.78 is 0. The third-order valence-electron chi connectivity index (χ3n) is 4.52. The van der Waals surface area contributed by atoms with Crippen LogP contribution in [0.3, 0.4) is 0 Å². The molecule has 108 valence electrons. The Hall–Kier alpha value is -1.10. The number of hydrogen-bond donors (Lipinski definition) is 2. The number of nitrogens with zero attached hydrogens (tertiary/aromatic N) is 1. The molecular weight excluding hydrogens is 246 g/mol. The van der Waals surface area contributed by atoms with Crippen LogP contribution in [0.25, 0.3) is 0 Å². The molecule has 5 nitrogen and oxygen atoms in total. The number of aliphatic carboxylic acids is 1. The summed E-state index contributed by atoms with van der Waals surface area (Å²) in [7, 11) is 0. The van der Waals surface area contributed by atoms with Gasteiger partial charge in [0.1, 0.15) is 0 Å². The molecule has 19 heavy (non-hydrogen) atoms. The Morgan fingerprint density at radius 1 is 1.32 bits per heavy atom. The number of amides is 1. The Bertz CT molecular complexity index is 349. The largest absolute Gasteiger partial charge is 0.481 e. The first-order valence-electron chi connectivity index (χ1n) is 7.15. The number of aliphatic hydroxyl groups is 1. The molecule has 0 spiro atoms. The number of carboxylic acid groups (broad SMARTS) is 1. The van der Waals surface area contributed by atoms with Gasteiger partial charge in [-0.1, -0.05) is 19.3 Å². The van der Waals surface area contributed by atoms with E-state index < -0.39 is 5.97 Å². The van der Waals surface area contributed by atoms with E-state index in [1.165, 1.54) is 0 Å². The fraction of sp³-hybridized carbons (Fsp3) is 0.857. The Morgan fingerprint density at radius 3 is 2.53 bits per heavy atom. The van der Waals surface area contributed by atoms with Crippen LogP contribution in [0.5, 0.6) is 0 Å². The zero-order valence-corrected chi connectivity index (χ0v) is 11.3. The van der Waals surface area contributed by atoms with Crippen molar-refractivity contribution < 1.29 is 19.8 Å². The van der Waals surface area contributed by atoms with Crippen LogP contribution in [0.4, 0.5) is 0 Å². The summed E-state index contributed by atoms with van der Waals surface area (Å²) in [6, 6.07) is 0. The molecule has 0 aromatic carbocycles. The lowest BCUT2D eigenvalue weighted by Crippen LogP contribution is -2.41. The maximum Gasteiger partial charge on any atom is 0.303 e. The summed E-state index contributed by atoms with van der Waals surface area (Å²) >= 11 is 0. The Kier molecular flexibility index (Phi) is 4.45. The van der Waals surface area contributed by atoms with Crippen molar-refractivity contribution in [2.45, 2.75) is 44.9 Å². The van der Waals surface area contributed by atoms with Gasteiger partial charge in [0.05, 0.1) is 6.42 Å². The molecule has 2 fully saturated rings. The van der Waals surface area contributed by atoms with Crippen LogP contribution in [-0.2, 0) is 9.59 Å². The van der Waals surface area contributed by atoms with Crippen molar-refractivity contribution in [1.82, 2.24) is 4.90 Å². The Balaban J connectivity index is 2.03. The van der Waals surface area contributed by atoms with Gasteiger partial charge in [-0.05, 0) is 18.3 Å². The van der Waals surface area contributed by atoms with Crippen molar-refractivity contribution in [2.75, 3.05) is 19.7 Å². The molecule has 1 saturated heterocycles. The van der Waals surface area contributed by atoms with Crippen LogP contribution >= 0.6 is 0 Å². The Labute approximate surface area is 113 Å². The second-order valence-electron chi connectivity index (χ2n) is 6.16. The van der Waals surface area contributed by atoms with Crippen molar-refractivity contribution in [3.8, 4) is 0 Å². The molecule has 1 atom stereocenters. The van der Waals surface area contributed by atoms with Crippen molar-refractivity contribution in [3.63, 3.8) is 0 Å². The maximum atomic E-state index is 11.9. The molecule has 1 aliphatic carbocycles. The first-order chi connectivity index (χ1) is 9.04. The van der Waals surface area contributed by atoms with E-state index >= 15 is 0 Å². The molecule has 1 saturated carbocycles. The van der Waals surface area contributed by atoms with E-state index in [1.807, 2.05) is 0 Å². The number of carbonyl (C=O) groups excluding carboxylic acids is 1. The molecule has 0 aromatic rings. The fourth-order valence-corrected chi connectivity index (χ4v) is 3.55. The second-order valence-corrected chi connectivity index (χ2v) is 6.16. The molecule has 0 aromatic heterocycles. The van der Waals surface area contributed by atoms with Gasteiger partial charge in [-0.2, -0.15) is 0 Å².